The van der Waals surface area contributed by atoms with E-state index in [1.54, 1.807) is 11.9 Å². The fraction of sp³-hybridized carbons (Fsp3) is 0.467. The fourth-order valence-corrected chi connectivity index (χ4v) is 3.47. The minimum absolute atomic E-state index is 0.327. The molecule has 1 aliphatic heterocycles. The molecule has 2 aromatic rings. The predicted octanol–water partition coefficient (Wildman–Crippen LogP) is 3.37. The highest BCUT2D eigenvalue weighted by atomic mass is 35.5. The zero-order valence-electron chi connectivity index (χ0n) is 12.1. The normalized spacial score (nSPS) is 19.1. The van der Waals surface area contributed by atoms with Crippen molar-refractivity contribution in [2.75, 3.05) is 30.8 Å². The van der Waals surface area contributed by atoms with Crippen molar-refractivity contribution in [1.29, 1.82) is 0 Å². The maximum Gasteiger partial charge on any atom is 0.224 e. The van der Waals surface area contributed by atoms with E-state index in [2.05, 4.69) is 31.9 Å². The topological polar surface area (TPSA) is 41.0 Å². The number of halogens is 1. The van der Waals surface area contributed by atoms with Gasteiger partial charge in [0.15, 0.2) is 0 Å². The number of nitrogens with zero attached hydrogens (tertiary/aromatic N) is 3. The van der Waals surface area contributed by atoms with Crippen molar-refractivity contribution in [1.82, 2.24) is 14.7 Å². The summed E-state index contributed by atoms with van der Waals surface area (Å²) in [5.74, 6) is 1.62. The van der Waals surface area contributed by atoms with Gasteiger partial charge < -0.3 is 4.90 Å². The van der Waals surface area contributed by atoms with Gasteiger partial charge in [0.05, 0.1) is 5.52 Å². The lowest BCUT2D eigenvalue weighted by atomic mass is 9.98. The molecule has 1 fully saturated rings. The zero-order valence-corrected chi connectivity index (χ0v) is 13.6. The molecule has 1 atom stereocenters. The lowest BCUT2D eigenvalue weighted by Crippen LogP contribution is -2.39. The van der Waals surface area contributed by atoms with Crippen LogP contribution in [0.5, 0.6) is 0 Å². The summed E-state index contributed by atoms with van der Waals surface area (Å²) in [6.07, 6.45) is 4.52. The molecule has 1 aliphatic rings. The third-order valence-electron chi connectivity index (χ3n) is 3.89. The second kappa shape index (κ2) is 6.81. The molecule has 0 radical (unpaired) electrons. The molecule has 0 spiro atoms. The Morgan fingerprint density at radius 1 is 1.38 bits per heavy atom. The smallest absolute Gasteiger partial charge is 0.224 e. The summed E-state index contributed by atoms with van der Waals surface area (Å²) in [4.78, 5) is 11.2. The molecule has 21 heavy (non-hydrogen) atoms. The van der Waals surface area contributed by atoms with Crippen LogP contribution in [0.1, 0.15) is 12.8 Å². The molecule has 0 amide bonds. The van der Waals surface area contributed by atoms with E-state index in [9.17, 15) is 0 Å². The van der Waals surface area contributed by atoms with Gasteiger partial charge in [-0.15, -0.1) is 0 Å². The quantitative estimate of drug-likeness (QED) is 0.690. The number of aromatic nitrogens is 2. The second-order valence-electron chi connectivity index (χ2n) is 5.34. The average Bonchev–Trinajstić information content (AvgIpc) is 2.52. The Hall–Kier alpha value is -1.04. The van der Waals surface area contributed by atoms with E-state index in [0.29, 0.717) is 11.2 Å². The van der Waals surface area contributed by atoms with E-state index in [-0.39, 0.29) is 0 Å². The molecule has 1 unspecified atom stereocenters. The molecule has 0 aliphatic carbocycles. The van der Waals surface area contributed by atoms with Crippen LogP contribution in [0.15, 0.2) is 24.3 Å². The van der Waals surface area contributed by atoms with Crippen LogP contribution in [0.25, 0.3) is 10.9 Å². The molecule has 6 heteroatoms. The Kier molecular flexibility index (Phi) is 4.83. The molecule has 3 rings (SSSR count). The minimum atomic E-state index is 0.327. The van der Waals surface area contributed by atoms with Crippen molar-refractivity contribution in [3.63, 3.8) is 0 Å². The number of nitrogens with one attached hydrogen (secondary N) is 1. The van der Waals surface area contributed by atoms with Crippen LogP contribution >= 0.6 is 23.5 Å². The molecule has 0 saturated carbocycles. The molecule has 1 N–H and O–H groups in total. The number of benzene rings is 1. The maximum absolute atomic E-state index is 6.10. The largest absolute Gasteiger partial charge is 0.356 e. The molecule has 1 aromatic heterocycles. The van der Waals surface area contributed by atoms with E-state index in [0.717, 1.165) is 36.4 Å². The third kappa shape index (κ3) is 3.42. The van der Waals surface area contributed by atoms with E-state index < -0.39 is 0 Å². The summed E-state index contributed by atoms with van der Waals surface area (Å²) in [5.41, 5.74) is 0.914. The predicted molar refractivity (Wildman–Crippen MR) is 91.0 cm³/mol. The zero-order chi connectivity index (χ0) is 14.7. The number of hydrogen-bond donors (Lipinski definition) is 1. The highest BCUT2D eigenvalue weighted by molar-refractivity contribution is 7.96. The first kappa shape index (κ1) is 14.9. The van der Waals surface area contributed by atoms with Gasteiger partial charge in [0.2, 0.25) is 5.28 Å². The van der Waals surface area contributed by atoms with E-state index >= 15 is 0 Å². The van der Waals surface area contributed by atoms with Gasteiger partial charge >= 0.3 is 0 Å². The molecule has 4 nitrogen and oxygen atoms in total. The molecular formula is C15H19ClN4S. The van der Waals surface area contributed by atoms with Gasteiger partial charge in [0.1, 0.15) is 5.82 Å². The van der Waals surface area contributed by atoms with Gasteiger partial charge in [0.25, 0.3) is 0 Å². The van der Waals surface area contributed by atoms with Crippen molar-refractivity contribution in [2.45, 2.75) is 12.8 Å². The van der Waals surface area contributed by atoms with Crippen LogP contribution in [0.2, 0.25) is 5.28 Å². The summed E-state index contributed by atoms with van der Waals surface area (Å²) in [5, 5.41) is 1.41. The lowest BCUT2D eigenvalue weighted by Gasteiger charge is -2.34. The third-order valence-corrected chi connectivity index (χ3v) is 4.52. The van der Waals surface area contributed by atoms with E-state index in [1.165, 1.54) is 12.8 Å². The van der Waals surface area contributed by atoms with Gasteiger partial charge in [-0.2, -0.15) is 4.98 Å². The van der Waals surface area contributed by atoms with Crippen molar-refractivity contribution in [3.05, 3.63) is 29.5 Å². The van der Waals surface area contributed by atoms with Crippen LogP contribution in [0.3, 0.4) is 0 Å². The Balaban J connectivity index is 1.89. The molecule has 0 bridgehead atoms. The number of para-hydroxylation sites is 1. The molecule has 2 heterocycles. The number of hydrogen-bond acceptors (Lipinski definition) is 5. The first-order valence-corrected chi connectivity index (χ1v) is 8.81. The first-order chi connectivity index (χ1) is 10.3. The summed E-state index contributed by atoms with van der Waals surface area (Å²) < 4.78 is 3.37. The van der Waals surface area contributed by atoms with Crippen molar-refractivity contribution in [2.24, 2.45) is 5.92 Å². The molecule has 112 valence electrons. The molecule has 1 saturated heterocycles. The number of fused-ring (bicyclic) bond motifs is 1. The van der Waals surface area contributed by atoms with Crippen molar-refractivity contribution in [3.8, 4) is 0 Å². The average molecular weight is 323 g/mol. The number of rotatable bonds is 4. The minimum Gasteiger partial charge on any atom is -0.356 e. The lowest BCUT2D eigenvalue weighted by molar-refractivity contribution is 0.415. The summed E-state index contributed by atoms with van der Waals surface area (Å²) in [6, 6.07) is 8.07. The van der Waals surface area contributed by atoms with Gasteiger partial charge in [-0.1, -0.05) is 24.1 Å². The van der Waals surface area contributed by atoms with Crippen LogP contribution in [-0.2, 0) is 0 Å². The van der Waals surface area contributed by atoms with Gasteiger partial charge in [0, 0.05) is 25.0 Å². The van der Waals surface area contributed by atoms with Crippen LogP contribution in [0.4, 0.5) is 5.82 Å². The summed E-state index contributed by atoms with van der Waals surface area (Å²) in [6.45, 7) is 3.09. The van der Waals surface area contributed by atoms with E-state index in [1.807, 2.05) is 18.2 Å². The number of anilines is 1. The Labute approximate surface area is 134 Å². The Bertz CT molecular complexity index is 622. The first-order valence-electron chi connectivity index (χ1n) is 7.21. The number of piperidine rings is 1. The highest BCUT2D eigenvalue weighted by Crippen LogP contribution is 2.29. The highest BCUT2D eigenvalue weighted by Gasteiger charge is 2.22. The van der Waals surface area contributed by atoms with Crippen molar-refractivity contribution < 1.29 is 0 Å². The van der Waals surface area contributed by atoms with Gasteiger partial charge in [-0.25, -0.2) is 4.98 Å². The van der Waals surface area contributed by atoms with Crippen LogP contribution in [0, 0.1) is 5.92 Å². The van der Waals surface area contributed by atoms with E-state index in [4.69, 9.17) is 11.6 Å². The van der Waals surface area contributed by atoms with Crippen molar-refractivity contribution >= 4 is 40.3 Å². The van der Waals surface area contributed by atoms with Crippen LogP contribution < -0.4 is 9.62 Å². The Morgan fingerprint density at radius 2 is 2.24 bits per heavy atom. The summed E-state index contributed by atoms with van der Waals surface area (Å²) >= 11 is 7.78. The fourth-order valence-electron chi connectivity index (χ4n) is 2.90. The second-order valence-corrected chi connectivity index (χ2v) is 6.38. The molecule has 1 aromatic carbocycles. The molecular weight excluding hydrogens is 304 g/mol. The Morgan fingerprint density at radius 3 is 3.10 bits per heavy atom. The monoisotopic (exact) mass is 322 g/mol. The SMILES string of the molecule is CSNCC1CCCN(c2nc(Cl)nc3ccccc23)C1. The van der Waals surface area contributed by atoms with Crippen LogP contribution in [-0.4, -0.2) is 35.9 Å². The van der Waals surface area contributed by atoms with Gasteiger partial charge in [-0.3, -0.25) is 4.72 Å². The standard InChI is InChI=1S/C15H19ClN4S/c1-21-17-9-11-5-4-8-20(10-11)14-12-6-2-3-7-13(12)18-15(16)19-14/h2-3,6-7,11,17H,4-5,8-10H2,1H3. The van der Waals surface area contributed by atoms with Gasteiger partial charge in [-0.05, 0) is 48.7 Å². The summed E-state index contributed by atoms with van der Waals surface area (Å²) in [7, 11) is 0. The maximum atomic E-state index is 6.10.